The first-order valence-electron chi connectivity index (χ1n) is 7.81. The molecule has 1 atom stereocenters. The molecule has 2 aliphatic rings. The van der Waals surface area contributed by atoms with Crippen molar-refractivity contribution in [3.8, 4) is 11.5 Å². The molecule has 1 aromatic carbocycles. The minimum atomic E-state index is -3.53. The molecule has 2 aliphatic heterocycles. The number of hydrogen-bond donors (Lipinski definition) is 1. The highest BCUT2D eigenvalue weighted by Crippen LogP contribution is 2.32. The summed E-state index contributed by atoms with van der Waals surface area (Å²) in [6, 6.07) is 5.17. The number of hydrogen-bond acceptors (Lipinski definition) is 5. The van der Waals surface area contributed by atoms with Crippen molar-refractivity contribution in [2.45, 2.75) is 19.4 Å². The van der Waals surface area contributed by atoms with Gasteiger partial charge in [-0.1, -0.05) is 6.07 Å². The highest BCUT2D eigenvalue weighted by molar-refractivity contribution is 7.87. The molecule has 0 aromatic heterocycles. The van der Waals surface area contributed by atoms with Crippen LogP contribution in [0.15, 0.2) is 18.2 Å². The second-order valence-electron chi connectivity index (χ2n) is 5.61. The van der Waals surface area contributed by atoms with Crippen molar-refractivity contribution in [2.24, 2.45) is 0 Å². The number of rotatable bonds is 4. The van der Waals surface area contributed by atoms with Gasteiger partial charge in [0.05, 0.1) is 26.4 Å². The van der Waals surface area contributed by atoms with Gasteiger partial charge in [-0.25, -0.2) is 0 Å². The van der Waals surface area contributed by atoms with Gasteiger partial charge in [0.25, 0.3) is 10.2 Å². The first-order chi connectivity index (χ1) is 11.1. The van der Waals surface area contributed by atoms with Gasteiger partial charge in [0.1, 0.15) is 0 Å². The van der Waals surface area contributed by atoms with Crippen molar-refractivity contribution < 1.29 is 22.6 Å². The standard InChI is InChI=1S/C15H22N2O5S/c1-12(16-23(18,19)17-5-9-20-10-6-17)13-3-4-14-15(11-13)22-8-2-7-21-14/h3-4,11-12,16H,2,5-10H2,1H3/t12-/m1/s1. The van der Waals surface area contributed by atoms with E-state index < -0.39 is 10.2 Å². The van der Waals surface area contributed by atoms with Gasteiger partial charge >= 0.3 is 0 Å². The molecule has 128 valence electrons. The Bertz CT molecular complexity index is 643. The molecule has 8 heteroatoms. The number of morpholine rings is 1. The predicted octanol–water partition coefficient (Wildman–Crippen LogP) is 1.08. The molecular weight excluding hydrogens is 320 g/mol. The molecule has 0 amide bonds. The van der Waals surface area contributed by atoms with E-state index in [1.807, 2.05) is 25.1 Å². The van der Waals surface area contributed by atoms with Crippen molar-refractivity contribution in [1.29, 1.82) is 0 Å². The molecule has 3 rings (SSSR count). The third-order valence-corrected chi connectivity index (χ3v) is 5.60. The zero-order valence-electron chi connectivity index (χ0n) is 13.2. The van der Waals surface area contributed by atoms with Crippen LogP contribution in [0.3, 0.4) is 0 Å². The van der Waals surface area contributed by atoms with Crippen molar-refractivity contribution in [2.75, 3.05) is 39.5 Å². The van der Waals surface area contributed by atoms with Gasteiger partial charge in [0, 0.05) is 25.6 Å². The lowest BCUT2D eigenvalue weighted by Crippen LogP contribution is -2.47. The predicted molar refractivity (Wildman–Crippen MR) is 84.9 cm³/mol. The summed E-state index contributed by atoms with van der Waals surface area (Å²) in [5, 5.41) is 0. The van der Waals surface area contributed by atoms with Crippen LogP contribution < -0.4 is 14.2 Å². The first-order valence-corrected chi connectivity index (χ1v) is 9.25. The van der Waals surface area contributed by atoms with E-state index in [-0.39, 0.29) is 6.04 Å². The van der Waals surface area contributed by atoms with E-state index in [0.717, 1.165) is 12.0 Å². The topological polar surface area (TPSA) is 77.1 Å². The van der Waals surface area contributed by atoms with Crippen LogP contribution in [0.5, 0.6) is 11.5 Å². The summed E-state index contributed by atoms with van der Waals surface area (Å²) < 4.78 is 45.4. The summed E-state index contributed by atoms with van der Waals surface area (Å²) >= 11 is 0. The van der Waals surface area contributed by atoms with E-state index in [4.69, 9.17) is 14.2 Å². The van der Waals surface area contributed by atoms with Gasteiger partial charge in [0.15, 0.2) is 11.5 Å². The van der Waals surface area contributed by atoms with Crippen molar-refractivity contribution in [1.82, 2.24) is 9.03 Å². The summed E-state index contributed by atoms with van der Waals surface area (Å²) in [5.74, 6) is 1.37. The Kier molecular flexibility index (Phi) is 5.05. The van der Waals surface area contributed by atoms with Crippen molar-refractivity contribution in [3.63, 3.8) is 0 Å². The van der Waals surface area contributed by atoms with Gasteiger partial charge in [-0.3, -0.25) is 0 Å². The number of nitrogens with zero attached hydrogens (tertiary/aromatic N) is 1. The van der Waals surface area contributed by atoms with Crippen LogP contribution in [0.2, 0.25) is 0 Å². The second-order valence-corrected chi connectivity index (χ2v) is 7.31. The Morgan fingerprint density at radius 3 is 2.52 bits per heavy atom. The Hall–Kier alpha value is -1.35. The number of fused-ring (bicyclic) bond motifs is 1. The molecule has 0 aliphatic carbocycles. The van der Waals surface area contributed by atoms with Crippen LogP contribution in [0, 0.1) is 0 Å². The third kappa shape index (κ3) is 3.95. The monoisotopic (exact) mass is 342 g/mol. The lowest BCUT2D eigenvalue weighted by molar-refractivity contribution is 0.0723. The SMILES string of the molecule is C[C@@H](NS(=O)(=O)N1CCOCC1)c1ccc2c(c1)OCCCO2. The summed E-state index contributed by atoms with van der Waals surface area (Å²) in [7, 11) is -3.53. The molecular formula is C15H22N2O5S. The third-order valence-electron chi connectivity index (χ3n) is 3.91. The minimum absolute atomic E-state index is 0.361. The summed E-state index contributed by atoms with van der Waals surface area (Å²) in [5.41, 5.74) is 0.839. The Morgan fingerprint density at radius 2 is 1.78 bits per heavy atom. The number of ether oxygens (including phenoxy) is 3. The highest BCUT2D eigenvalue weighted by atomic mass is 32.2. The zero-order valence-corrected chi connectivity index (χ0v) is 14.0. The molecule has 1 fully saturated rings. The van der Waals surface area contributed by atoms with Gasteiger partial charge in [-0.05, 0) is 24.6 Å². The van der Waals surface area contributed by atoms with E-state index in [0.29, 0.717) is 51.0 Å². The zero-order chi connectivity index (χ0) is 16.3. The smallest absolute Gasteiger partial charge is 0.280 e. The highest BCUT2D eigenvalue weighted by Gasteiger charge is 2.26. The molecule has 1 aromatic rings. The lowest BCUT2D eigenvalue weighted by atomic mass is 10.1. The van der Waals surface area contributed by atoms with Gasteiger partial charge in [-0.15, -0.1) is 0 Å². The molecule has 2 heterocycles. The summed E-state index contributed by atoms with van der Waals surface area (Å²) in [6.07, 6.45) is 0.837. The fourth-order valence-electron chi connectivity index (χ4n) is 2.60. The Labute approximate surface area is 136 Å². The van der Waals surface area contributed by atoms with E-state index in [9.17, 15) is 8.42 Å². The van der Waals surface area contributed by atoms with E-state index in [1.165, 1.54) is 4.31 Å². The van der Waals surface area contributed by atoms with Gasteiger partial charge in [-0.2, -0.15) is 17.4 Å². The lowest BCUT2D eigenvalue weighted by Gasteiger charge is -2.28. The Morgan fingerprint density at radius 1 is 1.09 bits per heavy atom. The maximum atomic E-state index is 12.4. The molecule has 1 saturated heterocycles. The normalized spacial score (nSPS) is 20.7. The largest absolute Gasteiger partial charge is 0.490 e. The molecule has 23 heavy (non-hydrogen) atoms. The summed E-state index contributed by atoms with van der Waals surface area (Å²) in [4.78, 5) is 0. The Balaban J connectivity index is 1.72. The fourth-order valence-corrected chi connectivity index (χ4v) is 3.96. The number of nitrogens with one attached hydrogen (secondary N) is 1. The van der Waals surface area contributed by atoms with E-state index in [1.54, 1.807) is 0 Å². The minimum Gasteiger partial charge on any atom is -0.490 e. The molecule has 0 saturated carbocycles. The maximum Gasteiger partial charge on any atom is 0.280 e. The fraction of sp³-hybridized carbons (Fsp3) is 0.600. The first kappa shape index (κ1) is 16.5. The maximum absolute atomic E-state index is 12.4. The second kappa shape index (κ2) is 7.04. The van der Waals surface area contributed by atoms with Gasteiger partial charge in [0.2, 0.25) is 0 Å². The average molecular weight is 342 g/mol. The van der Waals surface area contributed by atoms with Crippen LogP contribution in [0.4, 0.5) is 0 Å². The van der Waals surface area contributed by atoms with Crippen LogP contribution >= 0.6 is 0 Å². The molecule has 7 nitrogen and oxygen atoms in total. The molecule has 0 unspecified atom stereocenters. The van der Waals surface area contributed by atoms with Crippen molar-refractivity contribution >= 4 is 10.2 Å². The molecule has 0 radical (unpaired) electrons. The molecule has 0 spiro atoms. The van der Waals surface area contributed by atoms with E-state index in [2.05, 4.69) is 4.72 Å². The number of benzene rings is 1. The van der Waals surface area contributed by atoms with Gasteiger partial charge < -0.3 is 14.2 Å². The summed E-state index contributed by atoms with van der Waals surface area (Å²) in [6.45, 7) is 4.66. The quantitative estimate of drug-likeness (QED) is 0.886. The average Bonchev–Trinajstić information content (AvgIpc) is 2.80. The van der Waals surface area contributed by atoms with Crippen LogP contribution in [-0.4, -0.2) is 52.2 Å². The van der Waals surface area contributed by atoms with Crippen LogP contribution in [0.25, 0.3) is 0 Å². The van der Waals surface area contributed by atoms with Crippen LogP contribution in [0.1, 0.15) is 24.9 Å². The molecule has 1 N–H and O–H groups in total. The van der Waals surface area contributed by atoms with E-state index >= 15 is 0 Å². The van der Waals surface area contributed by atoms with Crippen molar-refractivity contribution in [3.05, 3.63) is 23.8 Å². The molecule has 0 bridgehead atoms. The van der Waals surface area contributed by atoms with Crippen LogP contribution in [-0.2, 0) is 14.9 Å².